The third-order valence-corrected chi connectivity index (χ3v) is 5.23. The van der Waals surface area contributed by atoms with Crippen LogP contribution in [-0.4, -0.2) is 0 Å². The standard InChI is InChI=1S/C23H27FN/c1-13(2)19-11-18-10-16(5)25(7)23(21(18)12-22(19)24)20-9-14(3)8-15(4)17(20)6/h8-13H,1-7H3/q+1/i10D. The van der Waals surface area contributed by atoms with Gasteiger partial charge in [-0.2, -0.15) is 4.57 Å². The molecule has 1 nitrogen and oxygen atoms in total. The minimum atomic E-state index is -0.195. The first-order chi connectivity index (χ1) is 12.1. The van der Waals surface area contributed by atoms with E-state index in [1.54, 1.807) is 6.07 Å². The molecule has 0 aliphatic heterocycles. The first-order valence-corrected chi connectivity index (χ1v) is 8.84. The van der Waals surface area contributed by atoms with Crippen LogP contribution in [-0.2, 0) is 7.05 Å². The summed E-state index contributed by atoms with van der Waals surface area (Å²) in [6.45, 7) is 12.2. The number of pyridine rings is 1. The average molecular weight is 337 g/mol. The van der Waals surface area contributed by atoms with E-state index in [0.717, 1.165) is 27.7 Å². The molecular weight excluding hydrogens is 309 g/mol. The molecule has 0 atom stereocenters. The van der Waals surface area contributed by atoms with Crippen molar-refractivity contribution in [1.29, 1.82) is 0 Å². The molecule has 130 valence electrons. The van der Waals surface area contributed by atoms with Crippen LogP contribution < -0.4 is 4.57 Å². The monoisotopic (exact) mass is 337 g/mol. The Hall–Kier alpha value is -2.22. The van der Waals surface area contributed by atoms with Crippen LogP contribution in [0.25, 0.3) is 22.0 Å². The molecular formula is C23H27FN+. The zero-order chi connectivity index (χ0) is 19.3. The van der Waals surface area contributed by atoms with Gasteiger partial charge in [0, 0.05) is 13.0 Å². The number of aromatic nitrogens is 1. The van der Waals surface area contributed by atoms with E-state index in [0.29, 0.717) is 11.6 Å². The van der Waals surface area contributed by atoms with Gasteiger partial charge in [0.25, 0.3) is 0 Å². The lowest BCUT2D eigenvalue weighted by Crippen LogP contribution is -2.35. The number of hydrogen-bond acceptors (Lipinski definition) is 0. The summed E-state index contributed by atoms with van der Waals surface area (Å²) in [6.07, 6.45) is 0. The zero-order valence-electron chi connectivity index (χ0n) is 17.2. The summed E-state index contributed by atoms with van der Waals surface area (Å²) in [5.41, 5.74) is 7.23. The Bertz CT molecular complexity index is 1030. The van der Waals surface area contributed by atoms with Gasteiger partial charge >= 0.3 is 0 Å². The molecule has 0 saturated heterocycles. The normalized spacial score (nSPS) is 12.1. The highest BCUT2D eigenvalue weighted by Gasteiger charge is 2.22. The van der Waals surface area contributed by atoms with Gasteiger partial charge in [-0.1, -0.05) is 25.5 Å². The Labute approximate surface area is 151 Å². The third-order valence-electron chi connectivity index (χ3n) is 5.23. The molecule has 0 saturated carbocycles. The van der Waals surface area contributed by atoms with Crippen LogP contribution in [0.5, 0.6) is 0 Å². The van der Waals surface area contributed by atoms with Gasteiger partial charge in [0.05, 0.1) is 12.3 Å². The van der Waals surface area contributed by atoms with E-state index >= 15 is 0 Å². The van der Waals surface area contributed by atoms with Gasteiger partial charge in [0.2, 0.25) is 5.69 Å². The highest BCUT2D eigenvalue weighted by atomic mass is 19.1. The van der Waals surface area contributed by atoms with E-state index in [1.165, 1.54) is 16.7 Å². The Kier molecular flexibility index (Phi) is 4.07. The van der Waals surface area contributed by atoms with Gasteiger partial charge in [-0.05, 0) is 67.0 Å². The molecule has 1 heterocycles. The second-order valence-corrected chi connectivity index (χ2v) is 7.45. The summed E-state index contributed by atoms with van der Waals surface area (Å²) in [7, 11) is 1.97. The lowest BCUT2D eigenvalue weighted by Gasteiger charge is -2.14. The Morgan fingerprint density at radius 2 is 1.72 bits per heavy atom. The van der Waals surface area contributed by atoms with Crippen LogP contribution in [0.3, 0.4) is 0 Å². The average Bonchev–Trinajstić information content (AvgIpc) is 2.56. The third kappa shape index (κ3) is 2.95. The Morgan fingerprint density at radius 1 is 1.04 bits per heavy atom. The number of halogens is 1. The van der Waals surface area contributed by atoms with Crippen LogP contribution in [0, 0.1) is 33.5 Å². The first kappa shape index (κ1) is 16.3. The van der Waals surface area contributed by atoms with Gasteiger partial charge in [-0.25, -0.2) is 4.39 Å². The fraction of sp³-hybridized carbons (Fsp3) is 0.348. The van der Waals surface area contributed by atoms with Crippen molar-refractivity contribution in [3.63, 3.8) is 0 Å². The predicted octanol–water partition coefficient (Wildman–Crippen LogP) is 5.83. The van der Waals surface area contributed by atoms with Gasteiger partial charge in [0.15, 0.2) is 5.69 Å². The molecule has 0 aliphatic carbocycles. The van der Waals surface area contributed by atoms with Crippen molar-refractivity contribution in [1.82, 2.24) is 0 Å². The van der Waals surface area contributed by atoms with Crippen molar-refractivity contribution in [3.05, 3.63) is 64.1 Å². The van der Waals surface area contributed by atoms with E-state index in [4.69, 9.17) is 1.37 Å². The van der Waals surface area contributed by atoms with Crippen molar-refractivity contribution in [2.75, 3.05) is 0 Å². The second-order valence-electron chi connectivity index (χ2n) is 7.45. The second kappa shape index (κ2) is 6.25. The fourth-order valence-electron chi connectivity index (χ4n) is 3.57. The fourth-order valence-corrected chi connectivity index (χ4v) is 3.57. The highest BCUT2D eigenvalue weighted by Crippen LogP contribution is 2.33. The Balaban J connectivity index is 2.53. The van der Waals surface area contributed by atoms with Crippen LogP contribution in [0.1, 0.15) is 49.1 Å². The quantitative estimate of drug-likeness (QED) is 0.518. The molecule has 1 aromatic heterocycles. The van der Waals surface area contributed by atoms with Crippen LogP contribution >= 0.6 is 0 Å². The molecule has 0 amide bonds. The number of aryl methyl sites for hydroxylation is 2. The molecule has 25 heavy (non-hydrogen) atoms. The van der Waals surface area contributed by atoms with Gasteiger partial charge in [-0.3, -0.25) is 0 Å². The van der Waals surface area contributed by atoms with E-state index in [2.05, 4.69) is 32.9 Å². The minimum Gasteiger partial charge on any atom is -0.207 e. The van der Waals surface area contributed by atoms with Crippen LogP contribution in [0.15, 0.2) is 30.3 Å². The number of fused-ring (bicyclic) bond motifs is 1. The molecule has 0 unspecified atom stereocenters. The SMILES string of the molecule is [2H]c1c(C)[n+](C)c(-c2cc(C)cc(C)c2C)c2cc(F)c(C(C)C)cc12. The molecule has 0 fully saturated rings. The summed E-state index contributed by atoms with van der Waals surface area (Å²) < 4.78 is 25.4. The number of hydrogen-bond donors (Lipinski definition) is 0. The zero-order valence-corrected chi connectivity index (χ0v) is 16.2. The van der Waals surface area contributed by atoms with Crippen molar-refractivity contribution < 1.29 is 10.3 Å². The van der Waals surface area contributed by atoms with Crippen molar-refractivity contribution in [2.24, 2.45) is 7.05 Å². The molecule has 0 bridgehead atoms. The molecule has 3 rings (SSSR count). The van der Waals surface area contributed by atoms with E-state index < -0.39 is 0 Å². The first-order valence-electron chi connectivity index (χ1n) is 9.34. The van der Waals surface area contributed by atoms with Crippen molar-refractivity contribution in [2.45, 2.75) is 47.5 Å². The molecule has 2 heteroatoms. The van der Waals surface area contributed by atoms with Gasteiger partial charge in [-0.15, -0.1) is 0 Å². The molecule has 2 aromatic carbocycles. The lowest BCUT2D eigenvalue weighted by atomic mass is 9.92. The number of benzene rings is 2. The number of rotatable bonds is 2. The predicted molar refractivity (Wildman–Crippen MR) is 104 cm³/mol. The molecule has 0 aliphatic rings. The molecule has 0 N–H and O–H groups in total. The lowest BCUT2D eigenvalue weighted by molar-refractivity contribution is -0.665. The Morgan fingerprint density at radius 3 is 2.36 bits per heavy atom. The maximum Gasteiger partial charge on any atom is 0.220 e. The maximum atomic E-state index is 14.8. The van der Waals surface area contributed by atoms with Crippen LogP contribution in [0.2, 0.25) is 0 Å². The molecule has 3 aromatic rings. The summed E-state index contributed by atoms with van der Waals surface area (Å²) >= 11 is 0. The smallest absolute Gasteiger partial charge is 0.207 e. The number of nitrogens with zero attached hydrogens (tertiary/aromatic N) is 1. The summed E-state index contributed by atoms with van der Waals surface area (Å²) in [5, 5.41) is 1.62. The van der Waals surface area contributed by atoms with E-state index in [-0.39, 0.29) is 11.7 Å². The largest absolute Gasteiger partial charge is 0.220 e. The van der Waals surface area contributed by atoms with E-state index in [1.807, 2.05) is 38.5 Å². The topological polar surface area (TPSA) is 3.88 Å². The van der Waals surface area contributed by atoms with Crippen molar-refractivity contribution >= 4 is 10.8 Å². The molecule has 0 spiro atoms. The summed E-state index contributed by atoms with van der Waals surface area (Å²) in [6, 6.07) is 8.29. The summed E-state index contributed by atoms with van der Waals surface area (Å²) in [4.78, 5) is 0. The van der Waals surface area contributed by atoms with Gasteiger partial charge < -0.3 is 0 Å². The van der Waals surface area contributed by atoms with Crippen molar-refractivity contribution in [3.8, 4) is 11.3 Å². The highest BCUT2D eigenvalue weighted by molar-refractivity contribution is 5.94. The maximum absolute atomic E-state index is 14.8. The summed E-state index contributed by atoms with van der Waals surface area (Å²) in [5.74, 6) is -0.113. The van der Waals surface area contributed by atoms with Gasteiger partial charge in [0.1, 0.15) is 12.9 Å². The van der Waals surface area contributed by atoms with E-state index in [9.17, 15) is 4.39 Å². The van der Waals surface area contributed by atoms with Crippen LogP contribution in [0.4, 0.5) is 4.39 Å². The molecule has 0 radical (unpaired) electrons. The minimum absolute atomic E-state index is 0.0828.